The average Bonchev–Trinajstić information content (AvgIpc) is 3.14. The Kier molecular flexibility index (Phi) is 6.60. The number of benzene rings is 3. The summed E-state index contributed by atoms with van der Waals surface area (Å²) in [5.74, 6) is -1.87. The summed E-state index contributed by atoms with van der Waals surface area (Å²) in [6.07, 6.45) is -0.753. The molecule has 3 aromatic carbocycles. The number of aliphatic carboxylic acids is 1. The highest BCUT2D eigenvalue weighted by Gasteiger charge is 2.29. The zero-order valence-corrected chi connectivity index (χ0v) is 18.3. The number of anilines is 1. The van der Waals surface area contributed by atoms with Crippen LogP contribution in [0.1, 0.15) is 17.0 Å². The van der Waals surface area contributed by atoms with Gasteiger partial charge in [0, 0.05) is 16.6 Å². The molecule has 1 aliphatic carbocycles. The normalized spacial score (nSPS) is 11.9. The number of carbonyl (C=O) groups excluding carboxylic acids is 2. The van der Waals surface area contributed by atoms with Crippen LogP contribution in [0.4, 0.5) is 10.5 Å². The van der Waals surface area contributed by atoms with Gasteiger partial charge >= 0.3 is 12.1 Å². The van der Waals surface area contributed by atoms with Crippen LogP contribution in [0.5, 0.6) is 0 Å². The molecule has 3 aromatic rings. The van der Waals surface area contributed by atoms with Crippen molar-refractivity contribution in [1.82, 2.24) is 5.32 Å². The quantitative estimate of drug-likeness (QED) is 0.543. The third-order valence-electron chi connectivity index (χ3n) is 5.46. The average molecular weight is 465 g/mol. The van der Waals surface area contributed by atoms with Crippen molar-refractivity contribution in [3.05, 3.63) is 88.9 Å². The Balaban J connectivity index is 1.38. The Hall–Kier alpha value is -3.84. The number of alkyl carbamates (subject to hydrolysis) is 1. The third-order valence-corrected chi connectivity index (χ3v) is 5.71. The molecule has 7 nitrogen and oxygen atoms in total. The molecule has 0 aromatic heterocycles. The molecule has 8 heteroatoms. The van der Waals surface area contributed by atoms with Crippen LogP contribution in [-0.2, 0) is 14.3 Å². The molecule has 0 spiro atoms. The summed E-state index contributed by atoms with van der Waals surface area (Å²) in [5, 5.41) is 12.0. The molecule has 4 rings (SSSR count). The van der Waals surface area contributed by atoms with Crippen LogP contribution >= 0.6 is 11.6 Å². The van der Waals surface area contributed by atoms with E-state index in [0.717, 1.165) is 27.2 Å². The zero-order chi connectivity index (χ0) is 23.4. The van der Waals surface area contributed by atoms with E-state index in [4.69, 9.17) is 21.4 Å². The first-order valence-electron chi connectivity index (χ1n) is 10.3. The molecule has 0 fully saturated rings. The highest BCUT2D eigenvalue weighted by Crippen LogP contribution is 2.44. The van der Waals surface area contributed by atoms with Crippen molar-refractivity contribution in [2.75, 3.05) is 24.6 Å². The molecule has 0 unspecified atom stereocenters. The highest BCUT2D eigenvalue weighted by atomic mass is 35.5. The van der Waals surface area contributed by atoms with Gasteiger partial charge in [-0.05, 0) is 46.5 Å². The lowest BCUT2D eigenvalue weighted by molar-refractivity contribution is -0.136. The first kappa shape index (κ1) is 22.4. The number of nitrogens with one attached hydrogen (secondary N) is 1. The first-order chi connectivity index (χ1) is 15.9. The monoisotopic (exact) mass is 464 g/mol. The summed E-state index contributed by atoms with van der Waals surface area (Å²) >= 11 is 5.86. The van der Waals surface area contributed by atoms with E-state index in [0.29, 0.717) is 10.7 Å². The largest absolute Gasteiger partial charge is 0.480 e. The summed E-state index contributed by atoms with van der Waals surface area (Å²) < 4.78 is 5.42. The third kappa shape index (κ3) is 4.99. The van der Waals surface area contributed by atoms with Crippen LogP contribution in [0.15, 0.2) is 72.8 Å². The van der Waals surface area contributed by atoms with Crippen molar-refractivity contribution >= 4 is 35.3 Å². The number of rotatable bonds is 7. The van der Waals surface area contributed by atoms with Gasteiger partial charge in [0.15, 0.2) is 0 Å². The van der Waals surface area contributed by atoms with Crippen molar-refractivity contribution in [3.8, 4) is 11.1 Å². The molecule has 0 bridgehead atoms. The van der Waals surface area contributed by atoms with E-state index in [-0.39, 0.29) is 12.5 Å². The number of hydrogen-bond acceptors (Lipinski definition) is 4. The molecule has 0 saturated carbocycles. The predicted octanol–water partition coefficient (Wildman–Crippen LogP) is 4.30. The fourth-order valence-electron chi connectivity index (χ4n) is 3.97. The van der Waals surface area contributed by atoms with Crippen LogP contribution < -0.4 is 10.2 Å². The minimum Gasteiger partial charge on any atom is -0.480 e. The van der Waals surface area contributed by atoms with Gasteiger partial charge < -0.3 is 15.2 Å². The Bertz CT molecular complexity index is 1150. The topological polar surface area (TPSA) is 95.9 Å². The Morgan fingerprint density at radius 2 is 1.48 bits per heavy atom. The lowest BCUT2D eigenvalue weighted by Crippen LogP contribution is -2.43. The number of nitrogens with zero attached hydrogens (tertiary/aromatic N) is 1. The van der Waals surface area contributed by atoms with E-state index in [1.807, 2.05) is 48.5 Å². The number of carboxylic acid groups (broad SMARTS) is 1. The number of ether oxygens (including phenoxy) is 1. The SMILES string of the molecule is O=C(O)CN(C(=O)CNC(=O)OCC1c2ccccc2-c2ccccc21)c1ccc(Cl)cc1. The fraction of sp³-hybridized carbons (Fsp3) is 0.160. The molecule has 33 heavy (non-hydrogen) atoms. The standard InChI is InChI=1S/C25H21ClN2O5/c26-16-9-11-17(12-10-16)28(14-24(30)31)23(29)13-27-25(32)33-15-22-20-7-3-1-5-18(20)19-6-2-4-8-21(19)22/h1-12,22H,13-15H2,(H,27,32)(H,30,31). The number of carbonyl (C=O) groups is 3. The van der Waals surface area contributed by atoms with Gasteiger partial charge in [-0.15, -0.1) is 0 Å². The minimum absolute atomic E-state index is 0.101. The van der Waals surface area contributed by atoms with Gasteiger partial charge in [-0.2, -0.15) is 0 Å². The van der Waals surface area contributed by atoms with Gasteiger partial charge in [0.2, 0.25) is 5.91 Å². The zero-order valence-electron chi connectivity index (χ0n) is 17.5. The van der Waals surface area contributed by atoms with Gasteiger partial charge in [0.25, 0.3) is 0 Å². The molecule has 0 radical (unpaired) electrons. The van der Waals surface area contributed by atoms with Gasteiger partial charge in [0.05, 0.1) is 0 Å². The number of carboxylic acids is 1. The Morgan fingerprint density at radius 1 is 0.909 bits per heavy atom. The Labute approximate surface area is 195 Å². The molecular weight excluding hydrogens is 444 g/mol. The van der Waals surface area contributed by atoms with Crippen LogP contribution in [0.3, 0.4) is 0 Å². The molecule has 2 N–H and O–H groups in total. The van der Waals surface area contributed by atoms with Gasteiger partial charge in [-0.25, -0.2) is 4.79 Å². The van der Waals surface area contributed by atoms with Crippen molar-refractivity contribution < 1.29 is 24.2 Å². The van der Waals surface area contributed by atoms with Crippen molar-refractivity contribution in [2.45, 2.75) is 5.92 Å². The molecule has 2 amide bonds. The highest BCUT2D eigenvalue weighted by molar-refractivity contribution is 6.30. The van der Waals surface area contributed by atoms with Crippen molar-refractivity contribution in [2.24, 2.45) is 0 Å². The first-order valence-corrected chi connectivity index (χ1v) is 10.7. The van der Waals surface area contributed by atoms with Gasteiger partial charge in [-0.1, -0.05) is 60.1 Å². The lowest BCUT2D eigenvalue weighted by Gasteiger charge is -2.21. The van der Waals surface area contributed by atoms with E-state index in [1.54, 1.807) is 12.1 Å². The van der Waals surface area contributed by atoms with E-state index in [1.165, 1.54) is 12.1 Å². The van der Waals surface area contributed by atoms with E-state index in [2.05, 4.69) is 5.32 Å². The summed E-state index contributed by atoms with van der Waals surface area (Å²) in [6, 6.07) is 22.1. The Morgan fingerprint density at radius 3 is 2.06 bits per heavy atom. The molecule has 0 atom stereocenters. The van der Waals surface area contributed by atoms with Crippen LogP contribution in [0.25, 0.3) is 11.1 Å². The van der Waals surface area contributed by atoms with Crippen molar-refractivity contribution in [1.29, 1.82) is 0 Å². The number of hydrogen-bond donors (Lipinski definition) is 2. The minimum atomic E-state index is -1.18. The summed E-state index contributed by atoms with van der Waals surface area (Å²) in [7, 11) is 0. The molecule has 1 aliphatic rings. The smallest absolute Gasteiger partial charge is 0.407 e. The summed E-state index contributed by atoms with van der Waals surface area (Å²) in [6.45, 7) is -0.844. The maximum atomic E-state index is 12.6. The van der Waals surface area contributed by atoms with Gasteiger partial charge in [-0.3, -0.25) is 14.5 Å². The van der Waals surface area contributed by atoms with Crippen LogP contribution in [0, 0.1) is 0 Å². The predicted molar refractivity (Wildman–Crippen MR) is 125 cm³/mol. The molecule has 168 valence electrons. The summed E-state index contributed by atoms with van der Waals surface area (Å²) in [5.41, 5.74) is 4.76. The fourth-order valence-corrected chi connectivity index (χ4v) is 4.10. The number of amides is 2. The van der Waals surface area contributed by atoms with E-state index < -0.39 is 31.1 Å². The van der Waals surface area contributed by atoms with E-state index in [9.17, 15) is 14.4 Å². The van der Waals surface area contributed by atoms with Gasteiger partial charge in [0.1, 0.15) is 19.7 Å². The van der Waals surface area contributed by atoms with Crippen molar-refractivity contribution in [3.63, 3.8) is 0 Å². The second-order valence-electron chi connectivity index (χ2n) is 7.53. The summed E-state index contributed by atoms with van der Waals surface area (Å²) in [4.78, 5) is 37.2. The second kappa shape index (κ2) is 9.75. The maximum absolute atomic E-state index is 12.6. The number of halogens is 1. The van der Waals surface area contributed by atoms with E-state index >= 15 is 0 Å². The number of fused-ring (bicyclic) bond motifs is 3. The molecular formula is C25H21ClN2O5. The van der Waals surface area contributed by atoms with Crippen LogP contribution in [0.2, 0.25) is 5.02 Å². The lowest BCUT2D eigenvalue weighted by atomic mass is 9.98. The van der Waals surface area contributed by atoms with Crippen LogP contribution in [-0.4, -0.2) is 42.8 Å². The molecule has 0 saturated heterocycles. The molecule has 0 aliphatic heterocycles. The molecule has 0 heterocycles. The maximum Gasteiger partial charge on any atom is 0.407 e. The second-order valence-corrected chi connectivity index (χ2v) is 7.97.